The Hall–Kier alpha value is -4.27. The molecule has 8 nitrogen and oxygen atoms in total. The van der Waals surface area contributed by atoms with Crippen LogP contribution in [-0.4, -0.2) is 33.9 Å². The zero-order valence-corrected chi connectivity index (χ0v) is 16.4. The quantitative estimate of drug-likeness (QED) is 0.477. The minimum absolute atomic E-state index is 0.0723. The highest BCUT2D eigenvalue weighted by Gasteiger charge is 2.16. The van der Waals surface area contributed by atoms with Crippen molar-refractivity contribution in [1.82, 2.24) is 14.9 Å². The summed E-state index contributed by atoms with van der Waals surface area (Å²) >= 11 is 0. The molecule has 1 amide bonds. The Morgan fingerprint density at radius 2 is 1.94 bits per heavy atom. The zero-order valence-electron chi connectivity index (χ0n) is 16.4. The van der Waals surface area contributed by atoms with Gasteiger partial charge in [-0.15, -0.1) is 0 Å². The van der Waals surface area contributed by atoms with E-state index in [4.69, 9.17) is 9.26 Å². The molecule has 2 aromatic carbocycles. The molecule has 0 saturated carbocycles. The normalized spacial score (nSPS) is 10.6. The molecule has 156 valence electrons. The van der Waals surface area contributed by atoms with Crippen molar-refractivity contribution < 1.29 is 23.2 Å². The van der Waals surface area contributed by atoms with Crippen LogP contribution in [0.15, 0.2) is 71.5 Å². The van der Waals surface area contributed by atoms with Gasteiger partial charge in [-0.2, -0.15) is 5.10 Å². The van der Waals surface area contributed by atoms with Crippen LogP contribution in [0.25, 0.3) is 11.3 Å². The predicted molar refractivity (Wildman–Crippen MR) is 109 cm³/mol. The Bertz CT molecular complexity index is 1230. The first-order chi connectivity index (χ1) is 15.0. The molecule has 0 aliphatic heterocycles. The van der Waals surface area contributed by atoms with Gasteiger partial charge in [0.25, 0.3) is 5.91 Å². The number of hydrogen-bond acceptors (Lipinski definition) is 6. The number of halogens is 1. The average Bonchev–Trinajstić information content (AvgIpc) is 3.44. The van der Waals surface area contributed by atoms with Gasteiger partial charge in [-0.25, -0.2) is 9.18 Å². The van der Waals surface area contributed by atoms with Crippen molar-refractivity contribution in [3.05, 3.63) is 89.6 Å². The van der Waals surface area contributed by atoms with Gasteiger partial charge in [0, 0.05) is 17.8 Å². The van der Waals surface area contributed by atoms with E-state index in [1.165, 1.54) is 43.6 Å². The number of methoxy groups -OCH3 is 1. The summed E-state index contributed by atoms with van der Waals surface area (Å²) in [5.74, 6) is -0.932. The smallest absolute Gasteiger partial charge is 0.338 e. The molecule has 4 aromatic rings. The molecule has 1 N–H and O–H groups in total. The molecule has 0 saturated heterocycles. The fraction of sp³-hybridized carbons (Fsp3) is 0.0909. The summed E-state index contributed by atoms with van der Waals surface area (Å²) in [4.78, 5) is 24.4. The number of nitrogens with zero attached hydrogens (tertiary/aromatic N) is 3. The second-order valence-electron chi connectivity index (χ2n) is 6.61. The molecule has 9 heteroatoms. The number of carbonyl (C=O) groups is 2. The first-order valence-electron chi connectivity index (χ1n) is 9.26. The molecule has 0 spiro atoms. The molecule has 4 rings (SSSR count). The Balaban J connectivity index is 1.44. The van der Waals surface area contributed by atoms with E-state index in [2.05, 4.69) is 15.6 Å². The number of hydrogen-bond donors (Lipinski definition) is 1. The predicted octanol–water partition coefficient (Wildman–Crippen LogP) is 3.76. The first-order valence-corrected chi connectivity index (χ1v) is 9.26. The molecular weight excluding hydrogens is 403 g/mol. The van der Waals surface area contributed by atoms with Crippen molar-refractivity contribution in [2.75, 3.05) is 12.4 Å². The molecule has 0 aliphatic rings. The van der Waals surface area contributed by atoms with Crippen LogP contribution in [0.3, 0.4) is 0 Å². The summed E-state index contributed by atoms with van der Waals surface area (Å²) in [5.41, 5.74) is 2.30. The van der Waals surface area contributed by atoms with E-state index in [1.54, 1.807) is 29.1 Å². The molecule has 2 aromatic heterocycles. The van der Waals surface area contributed by atoms with E-state index in [9.17, 15) is 14.0 Å². The fourth-order valence-electron chi connectivity index (χ4n) is 2.98. The third-order valence-corrected chi connectivity index (χ3v) is 4.52. The van der Waals surface area contributed by atoms with Crippen molar-refractivity contribution in [3.63, 3.8) is 0 Å². The lowest BCUT2D eigenvalue weighted by atomic mass is 10.1. The maximum Gasteiger partial charge on any atom is 0.338 e. The van der Waals surface area contributed by atoms with E-state index in [0.29, 0.717) is 29.1 Å². The number of carbonyl (C=O) groups excluding carboxylic acids is 2. The van der Waals surface area contributed by atoms with E-state index >= 15 is 0 Å². The van der Waals surface area contributed by atoms with Crippen LogP contribution in [0.5, 0.6) is 0 Å². The standard InChI is InChI=1S/C22H17FN4O4/c1-30-22(29)18-5-3-2-4-15(18)12-27-13-17(11-24-27)25-21(28)19-10-20(31-26-19)14-6-8-16(23)9-7-14/h2-11,13H,12H2,1H3,(H,25,28). The summed E-state index contributed by atoms with van der Waals surface area (Å²) in [6.07, 6.45) is 3.12. The summed E-state index contributed by atoms with van der Waals surface area (Å²) < 4.78 is 24.6. The monoisotopic (exact) mass is 420 g/mol. The summed E-state index contributed by atoms with van der Waals surface area (Å²) in [5, 5.41) is 10.7. The highest BCUT2D eigenvalue weighted by atomic mass is 19.1. The van der Waals surface area contributed by atoms with Gasteiger partial charge >= 0.3 is 5.97 Å². The van der Waals surface area contributed by atoms with Crippen LogP contribution in [0.1, 0.15) is 26.4 Å². The first kappa shape index (κ1) is 20.0. The molecule has 2 heterocycles. The highest BCUT2D eigenvalue weighted by molar-refractivity contribution is 6.03. The Morgan fingerprint density at radius 1 is 1.16 bits per heavy atom. The lowest BCUT2D eigenvalue weighted by Gasteiger charge is -2.07. The van der Waals surface area contributed by atoms with Crippen molar-refractivity contribution in [3.8, 4) is 11.3 Å². The van der Waals surface area contributed by atoms with Gasteiger partial charge in [0.1, 0.15) is 5.82 Å². The Labute approximate surface area is 176 Å². The lowest BCUT2D eigenvalue weighted by Crippen LogP contribution is -2.12. The van der Waals surface area contributed by atoms with E-state index in [0.717, 1.165) is 5.56 Å². The van der Waals surface area contributed by atoms with Crippen molar-refractivity contribution >= 4 is 17.6 Å². The number of esters is 1. The molecule has 0 radical (unpaired) electrons. The summed E-state index contributed by atoms with van der Waals surface area (Å²) in [6, 6.07) is 14.2. The zero-order chi connectivity index (χ0) is 21.8. The van der Waals surface area contributed by atoms with Crippen LogP contribution in [0.2, 0.25) is 0 Å². The van der Waals surface area contributed by atoms with E-state index < -0.39 is 11.9 Å². The number of anilines is 1. The average molecular weight is 420 g/mol. The molecule has 31 heavy (non-hydrogen) atoms. The minimum atomic E-state index is -0.480. The number of amides is 1. The number of aromatic nitrogens is 3. The molecule has 0 fully saturated rings. The van der Waals surface area contributed by atoms with Gasteiger partial charge < -0.3 is 14.6 Å². The van der Waals surface area contributed by atoms with Crippen molar-refractivity contribution in [2.45, 2.75) is 6.54 Å². The second kappa shape index (κ2) is 8.62. The number of nitrogens with one attached hydrogen (secondary N) is 1. The Kier molecular flexibility index (Phi) is 5.57. The number of rotatable bonds is 6. The molecule has 0 bridgehead atoms. The number of benzene rings is 2. The Morgan fingerprint density at radius 3 is 2.71 bits per heavy atom. The third-order valence-electron chi connectivity index (χ3n) is 4.52. The summed E-state index contributed by atoms with van der Waals surface area (Å²) in [7, 11) is 1.33. The van der Waals surface area contributed by atoms with Gasteiger partial charge in [0.05, 0.1) is 31.1 Å². The topological polar surface area (TPSA) is 99.2 Å². The van der Waals surface area contributed by atoms with Gasteiger partial charge in [-0.1, -0.05) is 23.4 Å². The van der Waals surface area contributed by atoms with E-state index in [1.807, 2.05) is 6.07 Å². The SMILES string of the molecule is COC(=O)c1ccccc1Cn1cc(NC(=O)c2cc(-c3ccc(F)cc3)on2)cn1. The number of ether oxygens (including phenoxy) is 1. The van der Waals surface area contributed by atoms with Crippen LogP contribution in [0, 0.1) is 5.82 Å². The maximum atomic E-state index is 13.1. The fourth-order valence-corrected chi connectivity index (χ4v) is 2.98. The van der Waals surface area contributed by atoms with Crippen LogP contribution in [0.4, 0.5) is 10.1 Å². The molecule has 0 unspecified atom stereocenters. The third kappa shape index (κ3) is 4.50. The minimum Gasteiger partial charge on any atom is -0.465 e. The molecule has 0 atom stereocenters. The van der Waals surface area contributed by atoms with Crippen LogP contribution >= 0.6 is 0 Å². The lowest BCUT2D eigenvalue weighted by molar-refractivity contribution is 0.0599. The molecule has 0 aliphatic carbocycles. The van der Waals surface area contributed by atoms with Gasteiger partial charge in [0.2, 0.25) is 0 Å². The van der Waals surface area contributed by atoms with Crippen LogP contribution in [-0.2, 0) is 11.3 Å². The molecular formula is C22H17FN4O4. The van der Waals surface area contributed by atoms with Crippen molar-refractivity contribution in [2.24, 2.45) is 0 Å². The summed E-state index contributed by atoms with van der Waals surface area (Å²) in [6.45, 7) is 0.319. The second-order valence-corrected chi connectivity index (χ2v) is 6.61. The van der Waals surface area contributed by atoms with Gasteiger partial charge in [-0.3, -0.25) is 9.48 Å². The largest absolute Gasteiger partial charge is 0.465 e. The highest BCUT2D eigenvalue weighted by Crippen LogP contribution is 2.21. The van der Waals surface area contributed by atoms with E-state index in [-0.39, 0.29) is 11.5 Å². The van der Waals surface area contributed by atoms with Crippen LogP contribution < -0.4 is 5.32 Å². The van der Waals surface area contributed by atoms with Gasteiger partial charge in [0.15, 0.2) is 11.5 Å². The maximum absolute atomic E-state index is 13.1. The van der Waals surface area contributed by atoms with Crippen molar-refractivity contribution in [1.29, 1.82) is 0 Å². The van der Waals surface area contributed by atoms with Gasteiger partial charge in [-0.05, 0) is 35.9 Å².